The molecule has 0 atom stereocenters. The van der Waals surface area contributed by atoms with E-state index in [0.29, 0.717) is 37.6 Å². The molecule has 2 aromatic heterocycles. The zero-order valence-corrected chi connectivity index (χ0v) is 12.6. The van der Waals surface area contributed by atoms with Crippen LogP contribution in [0.3, 0.4) is 0 Å². The lowest BCUT2D eigenvalue weighted by Gasteiger charge is -2.25. The van der Waals surface area contributed by atoms with Crippen molar-refractivity contribution >= 4 is 21.4 Å². The number of hydrogen-bond donors (Lipinski definition) is 1. The molecule has 0 unspecified atom stereocenters. The summed E-state index contributed by atoms with van der Waals surface area (Å²) in [5.74, 6) is 0. The second kappa shape index (κ2) is 5.68. The van der Waals surface area contributed by atoms with Crippen LogP contribution in [0.1, 0.15) is 0 Å². The predicted molar refractivity (Wildman–Crippen MR) is 77.7 cm³/mol. The monoisotopic (exact) mass is 327 g/mol. The summed E-state index contributed by atoms with van der Waals surface area (Å²) >= 11 is 1.15. The quantitative estimate of drug-likeness (QED) is 0.887. The number of morpholine rings is 1. The van der Waals surface area contributed by atoms with Gasteiger partial charge in [-0.1, -0.05) is 0 Å². The standard InChI is InChI=1S/C12H13N3O4S2/c16-11-2-1-10(13-14-11)9-7-12(20-8-9)21(17,18)15-3-5-19-6-4-15/h1-2,7-8H,3-6H2,(H,14,16). The van der Waals surface area contributed by atoms with Crippen molar-refractivity contribution in [2.75, 3.05) is 26.3 Å². The van der Waals surface area contributed by atoms with Gasteiger partial charge in [-0.3, -0.25) is 4.79 Å². The Morgan fingerprint density at radius 2 is 2.05 bits per heavy atom. The van der Waals surface area contributed by atoms with Crippen LogP contribution in [0.5, 0.6) is 0 Å². The molecule has 1 aliphatic rings. The van der Waals surface area contributed by atoms with Crippen LogP contribution in [0.25, 0.3) is 11.3 Å². The summed E-state index contributed by atoms with van der Waals surface area (Å²) in [6.07, 6.45) is 0. The summed E-state index contributed by atoms with van der Waals surface area (Å²) in [6, 6.07) is 4.50. The van der Waals surface area contributed by atoms with Gasteiger partial charge < -0.3 is 4.74 Å². The number of aromatic nitrogens is 2. The molecule has 1 fully saturated rings. The maximum atomic E-state index is 12.5. The maximum Gasteiger partial charge on any atom is 0.264 e. The van der Waals surface area contributed by atoms with E-state index in [2.05, 4.69) is 10.2 Å². The number of aromatic amines is 1. The summed E-state index contributed by atoms with van der Waals surface area (Å²) in [6.45, 7) is 1.57. The average Bonchev–Trinajstić information content (AvgIpc) is 2.99. The first kappa shape index (κ1) is 14.4. The van der Waals surface area contributed by atoms with Gasteiger partial charge in [0.25, 0.3) is 15.6 Å². The van der Waals surface area contributed by atoms with Gasteiger partial charge >= 0.3 is 0 Å². The smallest absolute Gasteiger partial charge is 0.264 e. The third-order valence-corrected chi connectivity index (χ3v) is 6.43. The topological polar surface area (TPSA) is 92.4 Å². The molecule has 2 aromatic rings. The third-order valence-electron chi connectivity index (χ3n) is 3.11. The van der Waals surface area contributed by atoms with E-state index >= 15 is 0 Å². The van der Waals surface area contributed by atoms with Gasteiger partial charge in [-0.2, -0.15) is 9.40 Å². The minimum absolute atomic E-state index is 0.271. The zero-order valence-electron chi connectivity index (χ0n) is 11.0. The zero-order chi connectivity index (χ0) is 14.9. The first-order valence-corrected chi connectivity index (χ1v) is 8.62. The Morgan fingerprint density at radius 1 is 1.29 bits per heavy atom. The number of H-pyrrole nitrogens is 1. The van der Waals surface area contributed by atoms with Crippen LogP contribution in [0.2, 0.25) is 0 Å². The number of nitrogens with zero attached hydrogens (tertiary/aromatic N) is 2. The SMILES string of the molecule is O=c1ccc(-c2csc(S(=O)(=O)N3CCOCC3)c2)n[nH]1. The fourth-order valence-corrected chi connectivity index (χ4v) is 4.74. The molecular weight excluding hydrogens is 314 g/mol. The largest absolute Gasteiger partial charge is 0.379 e. The summed E-state index contributed by atoms with van der Waals surface area (Å²) in [5, 5.41) is 7.95. The van der Waals surface area contributed by atoms with E-state index in [0.717, 1.165) is 11.3 Å². The van der Waals surface area contributed by atoms with Gasteiger partial charge in [-0.25, -0.2) is 13.5 Å². The van der Waals surface area contributed by atoms with Crippen LogP contribution in [-0.2, 0) is 14.8 Å². The number of rotatable bonds is 3. The Kier molecular flexibility index (Phi) is 3.89. The molecule has 0 saturated carbocycles. The predicted octanol–water partition coefficient (Wildman–Crippen LogP) is 0.519. The average molecular weight is 327 g/mol. The van der Waals surface area contributed by atoms with Gasteiger partial charge in [0.05, 0.1) is 18.9 Å². The molecule has 1 saturated heterocycles. The lowest BCUT2D eigenvalue weighted by Crippen LogP contribution is -2.40. The molecule has 0 aromatic carbocycles. The van der Waals surface area contributed by atoms with Crippen molar-refractivity contribution in [3.63, 3.8) is 0 Å². The van der Waals surface area contributed by atoms with Crippen LogP contribution in [0, 0.1) is 0 Å². The van der Waals surface area contributed by atoms with E-state index in [1.807, 2.05) is 0 Å². The lowest BCUT2D eigenvalue weighted by molar-refractivity contribution is 0.0731. The number of thiophene rings is 1. The molecular formula is C12H13N3O4S2. The highest BCUT2D eigenvalue weighted by Crippen LogP contribution is 2.29. The highest BCUT2D eigenvalue weighted by molar-refractivity contribution is 7.91. The minimum Gasteiger partial charge on any atom is -0.379 e. The van der Waals surface area contributed by atoms with E-state index in [-0.39, 0.29) is 9.77 Å². The van der Waals surface area contributed by atoms with Crippen molar-refractivity contribution in [1.29, 1.82) is 0 Å². The molecule has 0 bridgehead atoms. The Bertz CT molecular complexity index is 770. The number of sulfonamides is 1. The molecule has 0 aliphatic carbocycles. The van der Waals surface area contributed by atoms with Gasteiger partial charge in [0, 0.05) is 30.1 Å². The van der Waals surface area contributed by atoms with Crippen molar-refractivity contribution in [2.45, 2.75) is 4.21 Å². The van der Waals surface area contributed by atoms with Crippen molar-refractivity contribution < 1.29 is 13.2 Å². The summed E-state index contributed by atoms with van der Waals surface area (Å²) < 4.78 is 31.8. The molecule has 7 nitrogen and oxygen atoms in total. The van der Waals surface area contributed by atoms with E-state index < -0.39 is 10.0 Å². The molecule has 3 rings (SSSR count). The van der Waals surface area contributed by atoms with Crippen LogP contribution >= 0.6 is 11.3 Å². The van der Waals surface area contributed by atoms with Crippen molar-refractivity contribution in [3.8, 4) is 11.3 Å². The number of nitrogens with one attached hydrogen (secondary N) is 1. The maximum absolute atomic E-state index is 12.5. The molecule has 0 radical (unpaired) electrons. The molecule has 1 N–H and O–H groups in total. The molecule has 0 amide bonds. The van der Waals surface area contributed by atoms with Gasteiger partial charge in [0.1, 0.15) is 4.21 Å². The van der Waals surface area contributed by atoms with E-state index in [1.54, 1.807) is 17.5 Å². The molecule has 1 aliphatic heterocycles. The summed E-state index contributed by atoms with van der Waals surface area (Å²) in [4.78, 5) is 11.0. The fourth-order valence-electron chi connectivity index (χ4n) is 2.01. The number of ether oxygens (including phenoxy) is 1. The van der Waals surface area contributed by atoms with Gasteiger partial charge in [-0.15, -0.1) is 11.3 Å². The summed E-state index contributed by atoms with van der Waals surface area (Å²) in [7, 11) is -3.49. The van der Waals surface area contributed by atoms with E-state index in [1.165, 1.54) is 10.4 Å². The minimum atomic E-state index is -3.49. The van der Waals surface area contributed by atoms with Crippen LogP contribution in [0.15, 0.2) is 32.6 Å². The van der Waals surface area contributed by atoms with Gasteiger partial charge in [0.2, 0.25) is 0 Å². The van der Waals surface area contributed by atoms with Crippen molar-refractivity contribution in [2.24, 2.45) is 0 Å². The molecule has 112 valence electrons. The second-order valence-electron chi connectivity index (χ2n) is 4.48. The number of hydrogen-bond acceptors (Lipinski definition) is 6. The Hall–Kier alpha value is -1.55. The van der Waals surface area contributed by atoms with Gasteiger partial charge in [-0.05, 0) is 12.1 Å². The molecule has 21 heavy (non-hydrogen) atoms. The highest BCUT2D eigenvalue weighted by Gasteiger charge is 2.27. The molecule has 3 heterocycles. The third kappa shape index (κ3) is 2.91. The molecule has 0 spiro atoms. The second-order valence-corrected chi connectivity index (χ2v) is 7.55. The Balaban J connectivity index is 1.90. The molecule has 9 heteroatoms. The lowest BCUT2D eigenvalue weighted by atomic mass is 10.2. The van der Waals surface area contributed by atoms with Gasteiger partial charge in [0.15, 0.2) is 0 Å². The highest BCUT2D eigenvalue weighted by atomic mass is 32.2. The van der Waals surface area contributed by atoms with Crippen LogP contribution < -0.4 is 5.56 Å². The normalized spacial score (nSPS) is 17.0. The Labute approximate surface area is 125 Å². The summed E-state index contributed by atoms with van der Waals surface area (Å²) in [5.41, 5.74) is 0.910. The first-order valence-electron chi connectivity index (χ1n) is 6.30. The van der Waals surface area contributed by atoms with E-state index in [9.17, 15) is 13.2 Å². The fraction of sp³-hybridized carbons (Fsp3) is 0.333. The van der Waals surface area contributed by atoms with Crippen molar-refractivity contribution in [3.05, 3.63) is 33.9 Å². The Morgan fingerprint density at radius 3 is 2.71 bits per heavy atom. The van der Waals surface area contributed by atoms with Crippen LogP contribution in [-0.4, -0.2) is 49.2 Å². The first-order chi connectivity index (χ1) is 10.1. The van der Waals surface area contributed by atoms with Crippen LogP contribution in [0.4, 0.5) is 0 Å². The van der Waals surface area contributed by atoms with E-state index in [4.69, 9.17) is 4.74 Å². The van der Waals surface area contributed by atoms with Crippen molar-refractivity contribution in [1.82, 2.24) is 14.5 Å².